The van der Waals surface area contributed by atoms with Gasteiger partial charge < -0.3 is 10.6 Å². The molecule has 0 amide bonds. The van der Waals surface area contributed by atoms with E-state index in [0.717, 1.165) is 29.1 Å². The lowest BCUT2D eigenvalue weighted by Gasteiger charge is -2.46. The predicted octanol–water partition coefficient (Wildman–Crippen LogP) is 1.23. The summed E-state index contributed by atoms with van der Waals surface area (Å²) in [6.45, 7) is 3.81. The first-order valence-corrected chi connectivity index (χ1v) is 5.76. The summed E-state index contributed by atoms with van der Waals surface area (Å²) >= 11 is 1.68. The molecule has 0 aromatic carbocycles. The van der Waals surface area contributed by atoms with E-state index in [0.29, 0.717) is 0 Å². The Morgan fingerprint density at radius 2 is 2.27 bits per heavy atom. The van der Waals surface area contributed by atoms with Gasteiger partial charge in [-0.3, -0.25) is 0 Å². The molecule has 0 saturated carbocycles. The first-order chi connectivity index (χ1) is 7.16. The summed E-state index contributed by atoms with van der Waals surface area (Å²) < 4.78 is 1.16. The zero-order chi connectivity index (χ0) is 10.5. The van der Waals surface area contributed by atoms with E-state index in [1.165, 1.54) is 0 Å². The third-order valence-electron chi connectivity index (χ3n) is 2.63. The zero-order valence-corrected chi connectivity index (χ0v) is 9.29. The van der Waals surface area contributed by atoms with E-state index in [9.17, 15) is 0 Å². The van der Waals surface area contributed by atoms with E-state index in [-0.39, 0.29) is 5.54 Å². The third kappa shape index (κ3) is 1.39. The topological polar surface area (TPSA) is 55.0 Å². The standard InChI is InChI=1S/C10H12N4S/c1-10(11)4-14(5-10)9-8-7(2-3-15-8)12-6-13-9/h2-3,6H,4-5,11H2,1H3. The van der Waals surface area contributed by atoms with Crippen LogP contribution < -0.4 is 10.6 Å². The molecule has 0 spiro atoms. The van der Waals surface area contributed by atoms with Crippen molar-refractivity contribution in [2.45, 2.75) is 12.5 Å². The Morgan fingerprint density at radius 1 is 1.47 bits per heavy atom. The van der Waals surface area contributed by atoms with Gasteiger partial charge in [-0.25, -0.2) is 9.97 Å². The smallest absolute Gasteiger partial charge is 0.150 e. The van der Waals surface area contributed by atoms with Gasteiger partial charge in [-0.05, 0) is 18.4 Å². The molecule has 3 heterocycles. The third-order valence-corrected chi connectivity index (χ3v) is 3.53. The van der Waals surface area contributed by atoms with E-state index in [1.807, 2.05) is 11.4 Å². The molecule has 78 valence electrons. The maximum atomic E-state index is 5.99. The Hall–Kier alpha value is -1.20. The van der Waals surface area contributed by atoms with Crippen LogP contribution in [-0.2, 0) is 0 Å². The highest BCUT2D eigenvalue weighted by Gasteiger charge is 2.36. The average Bonchev–Trinajstić information content (AvgIpc) is 2.60. The molecule has 2 aromatic heterocycles. The Labute approximate surface area is 91.7 Å². The maximum absolute atomic E-state index is 5.99. The van der Waals surface area contributed by atoms with Gasteiger partial charge >= 0.3 is 0 Å². The van der Waals surface area contributed by atoms with Gasteiger partial charge in [-0.1, -0.05) is 0 Å². The van der Waals surface area contributed by atoms with Gasteiger partial charge in [0.25, 0.3) is 0 Å². The van der Waals surface area contributed by atoms with Crippen molar-refractivity contribution in [1.29, 1.82) is 0 Å². The van der Waals surface area contributed by atoms with Crippen LogP contribution in [0.25, 0.3) is 10.2 Å². The van der Waals surface area contributed by atoms with Crippen molar-refractivity contribution in [2.75, 3.05) is 18.0 Å². The number of nitrogens with zero attached hydrogens (tertiary/aromatic N) is 3. The SMILES string of the molecule is CC1(N)CN(c2ncnc3ccsc23)C1. The summed E-state index contributed by atoms with van der Waals surface area (Å²) in [6, 6.07) is 2.02. The molecule has 15 heavy (non-hydrogen) atoms. The Morgan fingerprint density at radius 3 is 3.00 bits per heavy atom. The highest BCUT2D eigenvalue weighted by molar-refractivity contribution is 7.17. The second kappa shape index (κ2) is 2.90. The van der Waals surface area contributed by atoms with Crippen molar-refractivity contribution in [1.82, 2.24) is 9.97 Å². The van der Waals surface area contributed by atoms with Gasteiger partial charge in [0.2, 0.25) is 0 Å². The molecule has 0 unspecified atom stereocenters. The molecule has 1 fully saturated rings. The van der Waals surface area contributed by atoms with E-state index in [2.05, 4.69) is 21.8 Å². The normalized spacial score (nSPS) is 19.2. The lowest BCUT2D eigenvalue weighted by Crippen LogP contribution is -2.65. The van der Waals surface area contributed by atoms with Crippen molar-refractivity contribution < 1.29 is 0 Å². The fourth-order valence-electron chi connectivity index (χ4n) is 1.98. The van der Waals surface area contributed by atoms with Crippen molar-refractivity contribution >= 4 is 27.4 Å². The number of hydrogen-bond acceptors (Lipinski definition) is 5. The molecule has 1 aliphatic rings. The molecule has 0 radical (unpaired) electrons. The minimum atomic E-state index is -0.0610. The van der Waals surface area contributed by atoms with Crippen LogP contribution in [0.3, 0.4) is 0 Å². The van der Waals surface area contributed by atoms with Crippen molar-refractivity contribution in [3.8, 4) is 0 Å². The van der Waals surface area contributed by atoms with E-state index >= 15 is 0 Å². The van der Waals surface area contributed by atoms with Gasteiger partial charge in [-0.2, -0.15) is 0 Å². The molecule has 1 aliphatic heterocycles. The number of fused-ring (bicyclic) bond motifs is 1. The highest BCUT2D eigenvalue weighted by Crippen LogP contribution is 2.32. The second-order valence-corrected chi connectivity index (χ2v) is 5.26. The molecule has 2 aromatic rings. The Kier molecular flexibility index (Phi) is 1.75. The fraction of sp³-hybridized carbons (Fsp3) is 0.400. The van der Waals surface area contributed by atoms with E-state index < -0.39 is 0 Å². The molecule has 0 atom stereocenters. The molecule has 1 saturated heterocycles. The molecule has 3 rings (SSSR count). The van der Waals surface area contributed by atoms with Crippen LogP contribution in [0.1, 0.15) is 6.92 Å². The van der Waals surface area contributed by atoms with Gasteiger partial charge in [0.05, 0.1) is 10.2 Å². The quantitative estimate of drug-likeness (QED) is 0.785. The average molecular weight is 220 g/mol. The van der Waals surface area contributed by atoms with Crippen molar-refractivity contribution in [2.24, 2.45) is 5.73 Å². The summed E-state index contributed by atoms with van der Waals surface area (Å²) in [6.07, 6.45) is 1.62. The summed E-state index contributed by atoms with van der Waals surface area (Å²) in [7, 11) is 0. The lowest BCUT2D eigenvalue weighted by atomic mass is 9.94. The highest BCUT2D eigenvalue weighted by atomic mass is 32.1. The molecule has 2 N–H and O–H groups in total. The van der Waals surface area contributed by atoms with Gasteiger partial charge in [0, 0.05) is 18.6 Å². The van der Waals surface area contributed by atoms with E-state index in [1.54, 1.807) is 17.7 Å². The number of rotatable bonds is 1. The maximum Gasteiger partial charge on any atom is 0.150 e. The van der Waals surface area contributed by atoms with Gasteiger partial charge in [0.1, 0.15) is 12.1 Å². The number of thiophene rings is 1. The van der Waals surface area contributed by atoms with Crippen molar-refractivity contribution in [3.63, 3.8) is 0 Å². The molecular formula is C10H12N4S. The van der Waals surface area contributed by atoms with Gasteiger partial charge in [0.15, 0.2) is 0 Å². The van der Waals surface area contributed by atoms with Crippen LogP contribution in [0, 0.1) is 0 Å². The van der Waals surface area contributed by atoms with Crippen LogP contribution in [0.15, 0.2) is 17.8 Å². The lowest BCUT2D eigenvalue weighted by molar-refractivity contribution is 0.364. The summed E-state index contributed by atoms with van der Waals surface area (Å²) in [5.74, 6) is 1.03. The van der Waals surface area contributed by atoms with Crippen LogP contribution >= 0.6 is 11.3 Å². The molecular weight excluding hydrogens is 208 g/mol. The minimum Gasteiger partial charge on any atom is -0.352 e. The summed E-state index contributed by atoms with van der Waals surface area (Å²) in [5, 5.41) is 2.05. The number of nitrogens with two attached hydrogens (primary N) is 1. The first kappa shape index (κ1) is 9.06. The molecule has 0 aliphatic carbocycles. The minimum absolute atomic E-state index is 0.0610. The zero-order valence-electron chi connectivity index (χ0n) is 8.47. The van der Waals surface area contributed by atoms with Crippen molar-refractivity contribution in [3.05, 3.63) is 17.8 Å². The number of anilines is 1. The summed E-state index contributed by atoms with van der Waals surface area (Å²) in [5.41, 5.74) is 6.95. The monoisotopic (exact) mass is 220 g/mol. The molecule has 4 nitrogen and oxygen atoms in total. The second-order valence-electron chi connectivity index (χ2n) is 4.34. The van der Waals surface area contributed by atoms with Crippen LogP contribution in [0.2, 0.25) is 0 Å². The largest absolute Gasteiger partial charge is 0.352 e. The fourth-order valence-corrected chi connectivity index (χ4v) is 2.84. The number of aromatic nitrogens is 2. The van der Waals surface area contributed by atoms with Crippen LogP contribution in [-0.4, -0.2) is 28.6 Å². The molecule has 5 heteroatoms. The van der Waals surface area contributed by atoms with Crippen LogP contribution in [0.5, 0.6) is 0 Å². The Bertz CT molecular complexity index is 497. The van der Waals surface area contributed by atoms with E-state index in [4.69, 9.17) is 5.73 Å². The Balaban J connectivity index is 2.02. The molecule has 0 bridgehead atoms. The van der Waals surface area contributed by atoms with Gasteiger partial charge in [-0.15, -0.1) is 11.3 Å². The summed E-state index contributed by atoms with van der Waals surface area (Å²) in [4.78, 5) is 10.8. The first-order valence-electron chi connectivity index (χ1n) is 4.88. The van der Waals surface area contributed by atoms with Crippen LogP contribution in [0.4, 0.5) is 5.82 Å². The number of hydrogen-bond donors (Lipinski definition) is 1. The predicted molar refractivity (Wildman–Crippen MR) is 62.2 cm³/mol.